The zero-order chi connectivity index (χ0) is 13.6. The van der Waals surface area contributed by atoms with Crippen molar-refractivity contribution in [3.8, 4) is 5.69 Å². The number of carboxylic acid groups (broad SMARTS) is 1. The second-order valence-corrected chi connectivity index (χ2v) is 4.18. The third kappa shape index (κ3) is 1.59. The van der Waals surface area contributed by atoms with Crippen LogP contribution >= 0.6 is 0 Å². The van der Waals surface area contributed by atoms with E-state index in [1.54, 1.807) is 30.2 Å². The van der Waals surface area contributed by atoms with Gasteiger partial charge in [0.05, 0.1) is 16.8 Å². The molecule has 0 unspecified atom stereocenters. The zero-order valence-electron chi connectivity index (χ0n) is 10.4. The summed E-state index contributed by atoms with van der Waals surface area (Å²) in [6, 6.07) is 1.74. The molecule has 0 saturated carbocycles. The summed E-state index contributed by atoms with van der Waals surface area (Å²) in [5, 5.41) is 18.4. The Bertz CT molecular complexity index is 773. The fraction of sp³-hybridized carbons (Fsp3) is 0.167. The molecule has 0 aromatic carbocycles. The third-order valence-corrected chi connectivity index (χ3v) is 2.96. The van der Waals surface area contributed by atoms with Crippen LogP contribution in [0.2, 0.25) is 0 Å². The predicted octanol–water partition coefficient (Wildman–Crippen LogP) is 1.16. The Labute approximate surface area is 108 Å². The summed E-state index contributed by atoms with van der Waals surface area (Å²) >= 11 is 0. The quantitative estimate of drug-likeness (QED) is 0.744. The largest absolute Gasteiger partial charge is 0.478 e. The zero-order valence-corrected chi connectivity index (χ0v) is 10.4. The SMILES string of the molecule is Cc1nn(C)c2ncc(C(=O)O)c(-n3cccn3)c12. The highest BCUT2D eigenvalue weighted by Crippen LogP contribution is 2.26. The Hall–Kier alpha value is -2.70. The lowest BCUT2D eigenvalue weighted by molar-refractivity contribution is 0.0696. The van der Waals surface area contributed by atoms with Gasteiger partial charge in [0.1, 0.15) is 5.56 Å². The minimum absolute atomic E-state index is 0.104. The highest BCUT2D eigenvalue weighted by molar-refractivity contribution is 6.00. The molecule has 19 heavy (non-hydrogen) atoms. The summed E-state index contributed by atoms with van der Waals surface area (Å²) in [7, 11) is 1.77. The summed E-state index contributed by atoms with van der Waals surface area (Å²) in [4.78, 5) is 15.5. The van der Waals surface area contributed by atoms with Crippen LogP contribution in [0.5, 0.6) is 0 Å². The van der Waals surface area contributed by atoms with E-state index in [4.69, 9.17) is 0 Å². The van der Waals surface area contributed by atoms with Gasteiger partial charge in [0.15, 0.2) is 5.65 Å². The summed E-state index contributed by atoms with van der Waals surface area (Å²) in [6.45, 7) is 1.82. The Balaban J connectivity index is 2.49. The summed E-state index contributed by atoms with van der Waals surface area (Å²) in [6.07, 6.45) is 4.64. The number of aromatic nitrogens is 5. The van der Waals surface area contributed by atoms with Crippen molar-refractivity contribution in [3.05, 3.63) is 35.9 Å². The minimum atomic E-state index is -1.04. The normalized spacial score (nSPS) is 11.1. The fourth-order valence-corrected chi connectivity index (χ4v) is 2.19. The summed E-state index contributed by atoms with van der Waals surface area (Å²) in [5.41, 5.74) is 1.95. The van der Waals surface area contributed by atoms with E-state index in [0.717, 1.165) is 5.69 Å². The second kappa shape index (κ2) is 3.91. The Morgan fingerprint density at radius 3 is 2.84 bits per heavy atom. The molecule has 0 fully saturated rings. The van der Waals surface area contributed by atoms with E-state index in [1.165, 1.54) is 10.9 Å². The molecule has 0 saturated heterocycles. The first-order valence-corrected chi connectivity index (χ1v) is 5.65. The van der Waals surface area contributed by atoms with Gasteiger partial charge in [-0.15, -0.1) is 0 Å². The van der Waals surface area contributed by atoms with Gasteiger partial charge in [-0.05, 0) is 13.0 Å². The number of aryl methyl sites for hydroxylation is 2. The van der Waals surface area contributed by atoms with Crippen LogP contribution in [0, 0.1) is 6.92 Å². The topological polar surface area (TPSA) is 85.8 Å². The van der Waals surface area contributed by atoms with E-state index in [9.17, 15) is 9.90 Å². The number of rotatable bonds is 2. The molecule has 0 aliphatic heterocycles. The van der Waals surface area contributed by atoms with Crippen LogP contribution in [0.25, 0.3) is 16.7 Å². The van der Waals surface area contributed by atoms with Crippen molar-refractivity contribution in [3.63, 3.8) is 0 Å². The molecular formula is C12H11N5O2. The van der Waals surface area contributed by atoms with Crippen LogP contribution in [0.3, 0.4) is 0 Å². The van der Waals surface area contributed by atoms with Crippen molar-refractivity contribution in [2.24, 2.45) is 7.05 Å². The number of nitrogens with zero attached hydrogens (tertiary/aromatic N) is 5. The van der Waals surface area contributed by atoms with E-state index < -0.39 is 5.97 Å². The van der Waals surface area contributed by atoms with Crippen LogP contribution in [-0.2, 0) is 7.05 Å². The van der Waals surface area contributed by atoms with Gasteiger partial charge in [0, 0.05) is 25.6 Å². The molecule has 7 nitrogen and oxygen atoms in total. The number of aromatic carboxylic acids is 1. The van der Waals surface area contributed by atoms with Crippen LogP contribution in [0.4, 0.5) is 0 Å². The average molecular weight is 257 g/mol. The lowest BCUT2D eigenvalue weighted by Gasteiger charge is -2.08. The van der Waals surface area contributed by atoms with Crippen LogP contribution < -0.4 is 0 Å². The van der Waals surface area contributed by atoms with Crippen molar-refractivity contribution >= 4 is 17.0 Å². The van der Waals surface area contributed by atoms with Gasteiger partial charge in [-0.1, -0.05) is 0 Å². The average Bonchev–Trinajstić information content (AvgIpc) is 2.98. The first-order valence-electron chi connectivity index (χ1n) is 5.65. The third-order valence-electron chi connectivity index (χ3n) is 2.96. The highest BCUT2D eigenvalue weighted by atomic mass is 16.4. The lowest BCUT2D eigenvalue weighted by Crippen LogP contribution is -2.08. The van der Waals surface area contributed by atoms with E-state index in [0.29, 0.717) is 16.7 Å². The smallest absolute Gasteiger partial charge is 0.339 e. The van der Waals surface area contributed by atoms with Gasteiger partial charge >= 0.3 is 5.97 Å². The van der Waals surface area contributed by atoms with Gasteiger partial charge < -0.3 is 5.11 Å². The van der Waals surface area contributed by atoms with Gasteiger partial charge in [0.25, 0.3) is 0 Å². The molecule has 0 amide bonds. The molecule has 0 aliphatic rings. The maximum Gasteiger partial charge on any atom is 0.339 e. The molecule has 0 spiro atoms. The molecule has 0 radical (unpaired) electrons. The van der Waals surface area contributed by atoms with Crippen molar-refractivity contribution in [2.45, 2.75) is 6.92 Å². The number of carboxylic acids is 1. The van der Waals surface area contributed by atoms with Crippen LogP contribution in [-0.4, -0.2) is 35.6 Å². The Kier molecular flexibility index (Phi) is 2.34. The molecule has 96 valence electrons. The maximum atomic E-state index is 11.4. The molecule has 3 aromatic heterocycles. The van der Waals surface area contributed by atoms with Crippen LogP contribution in [0.1, 0.15) is 16.1 Å². The number of fused-ring (bicyclic) bond motifs is 1. The van der Waals surface area contributed by atoms with Gasteiger partial charge in [-0.25, -0.2) is 14.5 Å². The van der Waals surface area contributed by atoms with E-state index >= 15 is 0 Å². The number of pyridine rings is 1. The molecular weight excluding hydrogens is 246 g/mol. The van der Waals surface area contributed by atoms with Gasteiger partial charge in [-0.2, -0.15) is 10.2 Å². The number of hydrogen-bond acceptors (Lipinski definition) is 4. The second-order valence-electron chi connectivity index (χ2n) is 4.18. The van der Waals surface area contributed by atoms with E-state index in [2.05, 4.69) is 15.2 Å². The number of hydrogen-bond donors (Lipinski definition) is 1. The minimum Gasteiger partial charge on any atom is -0.478 e. The molecule has 0 bridgehead atoms. The van der Waals surface area contributed by atoms with Crippen LogP contribution in [0.15, 0.2) is 24.7 Å². The maximum absolute atomic E-state index is 11.4. The summed E-state index contributed by atoms with van der Waals surface area (Å²) < 4.78 is 3.16. The standard InChI is InChI=1S/C12H11N5O2/c1-7-9-10(17-5-3-4-14-17)8(12(18)19)6-13-11(9)16(2)15-7/h3-6H,1-2H3,(H,18,19). The van der Waals surface area contributed by atoms with Crippen molar-refractivity contribution in [1.82, 2.24) is 24.5 Å². The molecule has 3 rings (SSSR count). The van der Waals surface area contributed by atoms with Gasteiger partial charge in [0.2, 0.25) is 0 Å². The van der Waals surface area contributed by atoms with Crippen molar-refractivity contribution < 1.29 is 9.90 Å². The lowest BCUT2D eigenvalue weighted by atomic mass is 10.1. The molecule has 0 aliphatic carbocycles. The fourth-order valence-electron chi connectivity index (χ4n) is 2.19. The molecule has 3 aromatic rings. The number of carbonyl (C=O) groups is 1. The van der Waals surface area contributed by atoms with E-state index in [-0.39, 0.29) is 5.56 Å². The first kappa shape index (κ1) is 11.4. The molecule has 3 heterocycles. The Morgan fingerprint density at radius 2 is 2.21 bits per heavy atom. The van der Waals surface area contributed by atoms with Crippen molar-refractivity contribution in [1.29, 1.82) is 0 Å². The van der Waals surface area contributed by atoms with E-state index in [1.807, 2.05) is 6.92 Å². The highest BCUT2D eigenvalue weighted by Gasteiger charge is 2.20. The Morgan fingerprint density at radius 1 is 1.42 bits per heavy atom. The van der Waals surface area contributed by atoms with Gasteiger partial charge in [-0.3, -0.25) is 4.68 Å². The molecule has 1 N–H and O–H groups in total. The predicted molar refractivity (Wildman–Crippen MR) is 67.3 cm³/mol. The molecule has 0 atom stereocenters. The molecule has 7 heteroatoms. The summed E-state index contributed by atoms with van der Waals surface area (Å²) in [5.74, 6) is -1.04. The first-order chi connectivity index (χ1) is 9.09. The monoisotopic (exact) mass is 257 g/mol. The van der Waals surface area contributed by atoms with Crippen molar-refractivity contribution in [2.75, 3.05) is 0 Å².